The smallest absolute Gasteiger partial charge is 0.260 e. The van der Waals surface area contributed by atoms with Gasteiger partial charge in [-0.15, -0.1) is 0 Å². The summed E-state index contributed by atoms with van der Waals surface area (Å²) < 4.78 is 18.7. The van der Waals surface area contributed by atoms with Crippen molar-refractivity contribution in [2.45, 2.75) is 64.0 Å². The highest BCUT2D eigenvalue weighted by atomic mass is 16.5. The van der Waals surface area contributed by atoms with Crippen molar-refractivity contribution >= 4 is 11.8 Å². The van der Waals surface area contributed by atoms with Crippen LogP contribution in [-0.2, 0) is 32.7 Å². The standard InChI is InChI=1S/C36H44N2O5/c1-35(2,3)30-17-8-10-19-32(30)42-26-33(39)38-22-24-43-36(27-38)20-12-11-16-29-15-7-9-18-31(29)41-23-21-37(34(36)40)25-28-13-5-4-6-14-28/h4-10,13-15,17-19H,11-12,16,20-27H2,1-3H3. The molecule has 5 rings (SSSR count). The zero-order chi connectivity index (χ0) is 30.3. The molecule has 0 bridgehead atoms. The van der Waals surface area contributed by atoms with Gasteiger partial charge in [0.1, 0.15) is 18.1 Å². The van der Waals surface area contributed by atoms with Gasteiger partial charge < -0.3 is 24.0 Å². The first-order valence-electron chi connectivity index (χ1n) is 15.4. The van der Waals surface area contributed by atoms with Crippen molar-refractivity contribution in [2.75, 3.05) is 39.5 Å². The van der Waals surface area contributed by atoms with Gasteiger partial charge in [-0.05, 0) is 59.9 Å². The minimum absolute atomic E-state index is 0.0876. The van der Waals surface area contributed by atoms with Crippen molar-refractivity contribution in [2.24, 2.45) is 0 Å². The number of amides is 2. The molecule has 2 aliphatic rings. The average Bonchev–Trinajstić information content (AvgIpc) is 3.01. The topological polar surface area (TPSA) is 68.3 Å². The van der Waals surface area contributed by atoms with Crippen LogP contribution in [0, 0.1) is 0 Å². The Morgan fingerprint density at radius 1 is 0.907 bits per heavy atom. The Hall–Kier alpha value is -3.84. The van der Waals surface area contributed by atoms with Gasteiger partial charge in [0.05, 0.1) is 19.7 Å². The summed E-state index contributed by atoms with van der Waals surface area (Å²) in [7, 11) is 0. The van der Waals surface area contributed by atoms with Crippen molar-refractivity contribution in [1.82, 2.24) is 9.80 Å². The van der Waals surface area contributed by atoms with Gasteiger partial charge in [0.25, 0.3) is 11.8 Å². The number of benzene rings is 3. The number of nitrogens with zero attached hydrogens (tertiary/aromatic N) is 2. The van der Waals surface area contributed by atoms with Gasteiger partial charge in [-0.2, -0.15) is 0 Å². The molecule has 1 saturated heterocycles. The molecule has 7 nitrogen and oxygen atoms in total. The summed E-state index contributed by atoms with van der Waals surface area (Å²) in [5.41, 5.74) is 2.02. The molecular formula is C36H44N2O5. The molecular weight excluding hydrogens is 540 g/mol. The van der Waals surface area contributed by atoms with Crippen molar-refractivity contribution in [3.63, 3.8) is 0 Å². The molecule has 2 heterocycles. The first-order valence-corrected chi connectivity index (χ1v) is 15.4. The molecule has 228 valence electrons. The normalized spacial score (nSPS) is 20.0. The van der Waals surface area contributed by atoms with Gasteiger partial charge in [-0.1, -0.05) is 87.5 Å². The van der Waals surface area contributed by atoms with E-state index in [4.69, 9.17) is 14.2 Å². The van der Waals surface area contributed by atoms with Crippen LogP contribution in [0.4, 0.5) is 0 Å². The molecule has 1 fully saturated rings. The fraction of sp³-hybridized carbons (Fsp3) is 0.444. The van der Waals surface area contributed by atoms with Crippen molar-refractivity contribution in [1.29, 1.82) is 0 Å². The molecule has 0 radical (unpaired) electrons. The summed E-state index contributed by atoms with van der Waals surface area (Å²) in [6.07, 6.45) is 3.07. The van der Waals surface area contributed by atoms with Gasteiger partial charge in [-0.25, -0.2) is 0 Å². The zero-order valence-corrected chi connectivity index (χ0v) is 25.7. The number of para-hydroxylation sites is 2. The number of morpholine rings is 1. The number of fused-ring (bicyclic) bond motifs is 1. The lowest BCUT2D eigenvalue weighted by molar-refractivity contribution is -0.177. The van der Waals surface area contributed by atoms with Crippen LogP contribution in [0.1, 0.15) is 56.7 Å². The number of hydrogen-bond acceptors (Lipinski definition) is 5. The van der Waals surface area contributed by atoms with E-state index in [-0.39, 0.29) is 30.4 Å². The number of carbonyl (C=O) groups excluding carboxylic acids is 2. The van der Waals surface area contributed by atoms with Crippen LogP contribution < -0.4 is 9.47 Å². The quantitative estimate of drug-likeness (QED) is 0.380. The molecule has 0 N–H and O–H groups in total. The van der Waals surface area contributed by atoms with Crippen LogP contribution in [0.15, 0.2) is 78.9 Å². The van der Waals surface area contributed by atoms with E-state index in [1.165, 1.54) is 5.56 Å². The summed E-state index contributed by atoms with van der Waals surface area (Å²) in [5, 5.41) is 0. The summed E-state index contributed by atoms with van der Waals surface area (Å²) >= 11 is 0. The summed E-state index contributed by atoms with van der Waals surface area (Å²) in [5.74, 6) is 1.36. The Kier molecular flexibility index (Phi) is 9.71. The van der Waals surface area contributed by atoms with Crippen LogP contribution in [0.3, 0.4) is 0 Å². The summed E-state index contributed by atoms with van der Waals surface area (Å²) in [4.78, 5) is 31.6. The Bertz CT molecular complexity index is 1390. The Morgan fingerprint density at radius 3 is 2.47 bits per heavy atom. The predicted molar refractivity (Wildman–Crippen MR) is 167 cm³/mol. The van der Waals surface area contributed by atoms with Crippen molar-refractivity contribution in [3.05, 3.63) is 95.6 Å². The van der Waals surface area contributed by atoms with Gasteiger partial charge in [0, 0.05) is 13.1 Å². The Morgan fingerprint density at radius 2 is 1.65 bits per heavy atom. The molecule has 3 aromatic rings. The molecule has 1 atom stereocenters. The maximum atomic E-state index is 14.5. The third-order valence-electron chi connectivity index (χ3n) is 8.35. The molecule has 3 aromatic carbocycles. The Balaban J connectivity index is 1.36. The van der Waals surface area contributed by atoms with E-state index in [1.807, 2.05) is 77.7 Å². The fourth-order valence-electron chi connectivity index (χ4n) is 6.01. The van der Waals surface area contributed by atoms with Crippen LogP contribution in [-0.4, -0.2) is 66.7 Å². The molecule has 1 unspecified atom stereocenters. The fourth-order valence-corrected chi connectivity index (χ4v) is 6.01. The third kappa shape index (κ3) is 7.57. The van der Waals surface area contributed by atoms with Crippen LogP contribution >= 0.6 is 0 Å². The molecule has 43 heavy (non-hydrogen) atoms. The Labute approximate surface area is 255 Å². The molecule has 7 heteroatoms. The van der Waals surface area contributed by atoms with E-state index in [1.54, 1.807) is 4.90 Å². The lowest BCUT2D eigenvalue weighted by Crippen LogP contribution is -2.62. The van der Waals surface area contributed by atoms with E-state index in [2.05, 4.69) is 26.8 Å². The SMILES string of the molecule is CC(C)(C)c1ccccc1OCC(=O)N1CCOC2(CCCCc3ccccc3OCCN(Cc3ccccc3)C2=O)C1. The van der Waals surface area contributed by atoms with E-state index in [0.717, 1.165) is 36.1 Å². The van der Waals surface area contributed by atoms with Crippen LogP contribution in [0.5, 0.6) is 11.5 Å². The van der Waals surface area contributed by atoms with Gasteiger partial charge in [0.15, 0.2) is 12.2 Å². The highest BCUT2D eigenvalue weighted by Crippen LogP contribution is 2.32. The number of ether oxygens (including phenoxy) is 3. The monoisotopic (exact) mass is 584 g/mol. The maximum absolute atomic E-state index is 14.5. The van der Waals surface area contributed by atoms with Crippen molar-refractivity contribution < 1.29 is 23.8 Å². The van der Waals surface area contributed by atoms with Crippen LogP contribution in [0.25, 0.3) is 0 Å². The van der Waals surface area contributed by atoms with Crippen LogP contribution in [0.2, 0.25) is 0 Å². The second-order valence-electron chi connectivity index (χ2n) is 12.6. The van der Waals surface area contributed by atoms with E-state index < -0.39 is 5.60 Å². The zero-order valence-electron chi connectivity index (χ0n) is 25.7. The molecule has 1 spiro atoms. The number of rotatable bonds is 5. The lowest BCUT2D eigenvalue weighted by atomic mass is 9.86. The number of hydrogen-bond donors (Lipinski definition) is 0. The summed E-state index contributed by atoms with van der Waals surface area (Å²) in [6.45, 7) is 8.45. The van der Waals surface area contributed by atoms with E-state index in [0.29, 0.717) is 45.0 Å². The number of carbonyl (C=O) groups is 2. The highest BCUT2D eigenvalue weighted by molar-refractivity contribution is 5.87. The molecule has 0 aliphatic carbocycles. The van der Waals surface area contributed by atoms with Gasteiger partial charge >= 0.3 is 0 Å². The third-order valence-corrected chi connectivity index (χ3v) is 8.35. The first kappa shape index (κ1) is 30.6. The van der Waals surface area contributed by atoms with E-state index >= 15 is 0 Å². The van der Waals surface area contributed by atoms with Gasteiger partial charge in [0.2, 0.25) is 0 Å². The molecule has 2 aliphatic heterocycles. The minimum atomic E-state index is -1.12. The van der Waals surface area contributed by atoms with Crippen molar-refractivity contribution in [3.8, 4) is 11.5 Å². The molecule has 0 aromatic heterocycles. The molecule has 2 amide bonds. The highest BCUT2D eigenvalue weighted by Gasteiger charge is 2.46. The average molecular weight is 585 g/mol. The second-order valence-corrected chi connectivity index (χ2v) is 12.6. The van der Waals surface area contributed by atoms with E-state index in [9.17, 15) is 9.59 Å². The first-order chi connectivity index (χ1) is 20.7. The number of aryl methyl sites for hydroxylation is 1. The summed E-state index contributed by atoms with van der Waals surface area (Å²) in [6, 6.07) is 26.0. The molecule has 0 saturated carbocycles. The second kappa shape index (κ2) is 13.6. The lowest BCUT2D eigenvalue weighted by Gasteiger charge is -2.44. The predicted octanol–water partition coefficient (Wildman–Crippen LogP) is 5.79. The van der Waals surface area contributed by atoms with Gasteiger partial charge in [-0.3, -0.25) is 9.59 Å². The maximum Gasteiger partial charge on any atom is 0.260 e. The minimum Gasteiger partial charge on any atom is -0.491 e. The largest absolute Gasteiger partial charge is 0.491 e.